The number of sulfone groups is 1. The van der Waals surface area contributed by atoms with Gasteiger partial charge in [-0.1, -0.05) is 24.6 Å². The summed E-state index contributed by atoms with van der Waals surface area (Å²) in [5.41, 5.74) is 2.40. The Bertz CT molecular complexity index is 964. The van der Waals surface area contributed by atoms with Crippen LogP contribution in [0.2, 0.25) is 5.15 Å². The van der Waals surface area contributed by atoms with Gasteiger partial charge in [-0.15, -0.1) is 0 Å². The summed E-state index contributed by atoms with van der Waals surface area (Å²) < 4.78 is 30.1. The summed E-state index contributed by atoms with van der Waals surface area (Å²) >= 11 is 5.91. The molecule has 0 spiro atoms. The van der Waals surface area contributed by atoms with Crippen LogP contribution in [0.1, 0.15) is 12.5 Å². The maximum absolute atomic E-state index is 12.2. The van der Waals surface area contributed by atoms with Crippen LogP contribution < -0.4 is 0 Å². The van der Waals surface area contributed by atoms with E-state index in [0.29, 0.717) is 11.1 Å². The van der Waals surface area contributed by atoms with Crippen LogP contribution in [0.4, 0.5) is 0 Å². The number of pyridine rings is 1. The Kier molecular flexibility index (Phi) is 3.66. The maximum Gasteiger partial charge on any atom is 0.247 e. The van der Waals surface area contributed by atoms with Gasteiger partial charge in [0.05, 0.1) is 10.6 Å². The van der Waals surface area contributed by atoms with E-state index in [9.17, 15) is 8.42 Å². The molecule has 0 bridgehead atoms. The first-order valence-corrected chi connectivity index (χ1v) is 8.70. The minimum Gasteiger partial charge on any atom is -0.435 e. The van der Waals surface area contributed by atoms with E-state index in [4.69, 9.17) is 16.0 Å². The molecule has 0 unspecified atom stereocenters. The zero-order valence-electron chi connectivity index (χ0n) is 12.0. The third-order valence-corrected chi connectivity index (χ3v) is 5.26. The lowest BCUT2D eigenvalue weighted by atomic mass is 10.2. The van der Waals surface area contributed by atoms with Crippen molar-refractivity contribution in [3.63, 3.8) is 0 Å². The summed E-state index contributed by atoms with van der Waals surface area (Å²) in [6.45, 7) is 3.52. The van der Waals surface area contributed by atoms with Gasteiger partial charge in [-0.3, -0.25) is 0 Å². The van der Waals surface area contributed by atoms with Crippen LogP contribution in [0.15, 0.2) is 39.6 Å². The molecule has 2 aromatic heterocycles. The second-order valence-electron chi connectivity index (χ2n) is 4.87. The Hall–Kier alpha value is -1.92. The van der Waals surface area contributed by atoms with Gasteiger partial charge in [0, 0.05) is 0 Å². The Labute approximate surface area is 132 Å². The minimum absolute atomic E-state index is 0.0390. The third kappa shape index (κ3) is 2.60. The van der Waals surface area contributed by atoms with Gasteiger partial charge in [-0.25, -0.2) is 18.4 Å². The number of benzene rings is 1. The van der Waals surface area contributed by atoms with Crippen molar-refractivity contribution in [1.29, 1.82) is 0 Å². The molecule has 3 aromatic rings. The van der Waals surface area contributed by atoms with Gasteiger partial charge in [-0.2, -0.15) is 0 Å². The third-order valence-electron chi connectivity index (χ3n) is 3.28. The van der Waals surface area contributed by atoms with E-state index in [1.807, 2.05) is 19.1 Å². The molecular formula is C15H13ClN2O3S. The lowest BCUT2D eigenvalue weighted by molar-refractivity contribution is 0.592. The zero-order chi connectivity index (χ0) is 15.9. The predicted molar refractivity (Wildman–Crippen MR) is 84.7 cm³/mol. The first-order chi connectivity index (χ1) is 10.4. The average molecular weight is 337 g/mol. The Morgan fingerprint density at radius 1 is 1.18 bits per heavy atom. The normalized spacial score (nSPS) is 12.0. The molecule has 1 aromatic carbocycles. The monoisotopic (exact) mass is 336 g/mol. The number of hydrogen-bond donors (Lipinski definition) is 0. The Morgan fingerprint density at radius 2 is 1.95 bits per heavy atom. The van der Waals surface area contributed by atoms with Gasteiger partial charge >= 0.3 is 0 Å². The second-order valence-corrected chi connectivity index (χ2v) is 7.51. The molecule has 0 amide bonds. The minimum atomic E-state index is -3.46. The summed E-state index contributed by atoms with van der Waals surface area (Å²) in [5.74, 6) is 0.109. The summed E-state index contributed by atoms with van der Waals surface area (Å²) in [4.78, 5) is 8.52. The summed E-state index contributed by atoms with van der Waals surface area (Å²) in [6.07, 6.45) is 0. The quantitative estimate of drug-likeness (QED) is 0.683. The molecule has 5 nitrogen and oxygen atoms in total. The molecular weight excluding hydrogens is 324 g/mol. The summed E-state index contributed by atoms with van der Waals surface area (Å²) in [6, 6.07) is 8.43. The fraction of sp³-hybridized carbons (Fsp3) is 0.200. The van der Waals surface area contributed by atoms with Crippen LogP contribution in [0, 0.1) is 6.92 Å². The molecule has 0 aliphatic rings. The van der Waals surface area contributed by atoms with Crippen LogP contribution in [0.25, 0.3) is 22.7 Å². The first kappa shape index (κ1) is 15.0. The highest BCUT2D eigenvalue weighted by atomic mass is 35.5. The molecule has 0 saturated carbocycles. The van der Waals surface area contributed by atoms with Crippen LogP contribution in [-0.4, -0.2) is 24.1 Å². The maximum atomic E-state index is 12.2. The smallest absolute Gasteiger partial charge is 0.247 e. The molecule has 22 heavy (non-hydrogen) atoms. The number of aryl methyl sites for hydroxylation is 1. The standard InChI is InChI=1S/C15H13ClN2O3S/c1-3-22(19,20)12-6-7-13(16)18-14(12)15-17-10-8-9(2)4-5-11(10)21-15/h4-8H,3H2,1-2H3. The van der Waals surface area contributed by atoms with E-state index in [1.54, 1.807) is 13.0 Å². The molecule has 0 saturated heterocycles. The highest BCUT2D eigenvalue weighted by Crippen LogP contribution is 2.30. The zero-order valence-corrected chi connectivity index (χ0v) is 13.6. The number of nitrogens with zero attached hydrogens (tertiary/aromatic N) is 2. The van der Waals surface area contributed by atoms with Gasteiger partial charge in [0.15, 0.2) is 15.4 Å². The molecule has 0 radical (unpaired) electrons. The summed E-state index contributed by atoms with van der Waals surface area (Å²) in [5, 5.41) is 0.184. The molecule has 0 N–H and O–H groups in total. The Morgan fingerprint density at radius 3 is 2.68 bits per heavy atom. The molecule has 3 rings (SSSR count). The van der Waals surface area contributed by atoms with Crippen molar-refractivity contribution in [3.05, 3.63) is 41.0 Å². The van der Waals surface area contributed by atoms with Crippen molar-refractivity contribution in [3.8, 4) is 11.6 Å². The first-order valence-electron chi connectivity index (χ1n) is 6.67. The number of oxazole rings is 1. The molecule has 0 aliphatic heterocycles. The molecule has 7 heteroatoms. The number of aromatic nitrogens is 2. The van der Waals surface area contributed by atoms with Gasteiger partial charge < -0.3 is 4.42 Å². The second kappa shape index (κ2) is 5.37. The van der Waals surface area contributed by atoms with Crippen molar-refractivity contribution in [2.75, 3.05) is 5.75 Å². The fourth-order valence-corrected chi connectivity index (χ4v) is 3.28. The van der Waals surface area contributed by atoms with Crippen molar-refractivity contribution in [2.24, 2.45) is 0 Å². The van der Waals surface area contributed by atoms with Crippen molar-refractivity contribution in [2.45, 2.75) is 18.7 Å². The van der Waals surface area contributed by atoms with Gasteiger partial charge in [-0.05, 0) is 36.8 Å². The fourth-order valence-electron chi connectivity index (χ4n) is 2.12. The van der Waals surface area contributed by atoms with E-state index in [2.05, 4.69) is 9.97 Å². The number of fused-ring (bicyclic) bond motifs is 1. The molecule has 0 fully saturated rings. The van der Waals surface area contributed by atoms with E-state index in [-0.39, 0.29) is 27.4 Å². The van der Waals surface area contributed by atoms with Crippen LogP contribution in [0.5, 0.6) is 0 Å². The predicted octanol–water partition coefficient (Wildman–Crippen LogP) is 3.65. The van der Waals surface area contributed by atoms with E-state index in [1.165, 1.54) is 12.1 Å². The number of hydrogen-bond acceptors (Lipinski definition) is 5. The highest BCUT2D eigenvalue weighted by molar-refractivity contribution is 7.91. The topological polar surface area (TPSA) is 73.1 Å². The van der Waals surface area contributed by atoms with Crippen molar-refractivity contribution in [1.82, 2.24) is 9.97 Å². The molecule has 114 valence electrons. The molecule has 2 heterocycles. The van der Waals surface area contributed by atoms with E-state index < -0.39 is 9.84 Å². The van der Waals surface area contributed by atoms with E-state index >= 15 is 0 Å². The van der Waals surface area contributed by atoms with Crippen molar-refractivity contribution < 1.29 is 12.8 Å². The van der Waals surface area contributed by atoms with Gasteiger partial charge in [0.25, 0.3) is 0 Å². The SMILES string of the molecule is CCS(=O)(=O)c1ccc(Cl)nc1-c1nc2cc(C)ccc2o1. The lowest BCUT2D eigenvalue weighted by Gasteiger charge is -2.05. The largest absolute Gasteiger partial charge is 0.435 e. The molecule has 0 atom stereocenters. The molecule has 0 aliphatic carbocycles. The van der Waals surface area contributed by atoms with Crippen LogP contribution >= 0.6 is 11.6 Å². The highest BCUT2D eigenvalue weighted by Gasteiger charge is 2.23. The van der Waals surface area contributed by atoms with Gasteiger partial charge in [0.1, 0.15) is 16.4 Å². The number of halogens is 1. The van der Waals surface area contributed by atoms with Crippen LogP contribution in [0.3, 0.4) is 0 Å². The van der Waals surface area contributed by atoms with Crippen LogP contribution in [-0.2, 0) is 9.84 Å². The van der Waals surface area contributed by atoms with E-state index in [0.717, 1.165) is 5.56 Å². The van der Waals surface area contributed by atoms with Crippen molar-refractivity contribution >= 4 is 32.5 Å². The lowest BCUT2D eigenvalue weighted by Crippen LogP contribution is -2.07. The Balaban J connectivity index is 2.27. The summed E-state index contributed by atoms with van der Waals surface area (Å²) in [7, 11) is -3.46. The number of rotatable bonds is 3. The van der Waals surface area contributed by atoms with Gasteiger partial charge in [0.2, 0.25) is 5.89 Å². The average Bonchev–Trinajstić information content (AvgIpc) is 2.89.